The first-order chi connectivity index (χ1) is 15.6. The normalized spacial score (nSPS) is 21.2. The number of ketones is 1. The van der Waals surface area contributed by atoms with Crippen molar-refractivity contribution in [1.29, 1.82) is 0 Å². The van der Waals surface area contributed by atoms with E-state index < -0.39 is 72.2 Å². The van der Waals surface area contributed by atoms with Crippen LogP contribution in [0.25, 0.3) is 0 Å². The lowest BCUT2D eigenvalue weighted by Crippen LogP contribution is -2.55. The Hall–Kier alpha value is -3.09. The number of Topliss-reactive ketones (excluding diaryl/α,β-unsaturated/α-hetero) is 1. The predicted octanol–water partition coefficient (Wildman–Crippen LogP) is 2.17. The summed E-state index contributed by atoms with van der Waals surface area (Å²) in [5, 5.41) is 0. The molecule has 4 heterocycles. The van der Waals surface area contributed by atoms with Gasteiger partial charge in [-0.1, -0.05) is 0 Å². The summed E-state index contributed by atoms with van der Waals surface area (Å²) >= 11 is 0. The van der Waals surface area contributed by atoms with E-state index in [1.54, 1.807) is 6.92 Å². The van der Waals surface area contributed by atoms with Gasteiger partial charge >= 0.3 is 6.18 Å². The first-order valence-corrected chi connectivity index (χ1v) is 10.2. The number of fused-ring (bicyclic) bond motifs is 1. The van der Waals surface area contributed by atoms with Crippen LogP contribution in [0.1, 0.15) is 23.8 Å². The molecule has 2 aromatic rings. The van der Waals surface area contributed by atoms with Crippen LogP contribution in [0.5, 0.6) is 0 Å². The molecule has 1 saturated heterocycles. The first kappa shape index (κ1) is 23.1. The summed E-state index contributed by atoms with van der Waals surface area (Å²) in [5.41, 5.74) is -1.78. The Morgan fingerprint density at radius 2 is 2.03 bits per heavy atom. The van der Waals surface area contributed by atoms with Gasteiger partial charge in [-0.15, -0.1) is 0 Å². The summed E-state index contributed by atoms with van der Waals surface area (Å²) in [4.78, 5) is 35.1. The number of aromatic nitrogens is 3. The zero-order valence-corrected chi connectivity index (χ0v) is 17.5. The molecule has 0 saturated carbocycles. The zero-order valence-electron chi connectivity index (χ0n) is 17.5. The number of pyridine rings is 1. The monoisotopic (exact) mass is 473 g/mol. The van der Waals surface area contributed by atoms with Crippen LogP contribution in [0.2, 0.25) is 0 Å². The number of halogens is 5. The minimum atomic E-state index is -4.78. The lowest BCUT2D eigenvalue weighted by atomic mass is 10.1. The molecule has 2 aliphatic rings. The van der Waals surface area contributed by atoms with Crippen molar-refractivity contribution in [2.75, 3.05) is 36.1 Å². The largest absolute Gasteiger partial charge is 0.408 e. The van der Waals surface area contributed by atoms with Gasteiger partial charge in [0, 0.05) is 19.3 Å². The highest BCUT2D eigenvalue weighted by Gasteiger charge is 2.48. The van der Waals surface area contributed by atoms with Crippen LogP contribution in [0.15, 0.2) is 23.1 Å². The fourth-order valence-electron chi connectivity index (χ4n) is 4.05. The van der Waals surface area contributed by atoms with E-state index in [9.17, 15) is 31.5 Å². The van der Waals surface area contributed by atoms with Crippen molar-refractivity contribution >= 4 is 17.5 Å². The number of morpholine rings is 1. The Morgan fingerprint density at radius 3 is 2.70 bits per heavy atom. The number of carbonyl (C=O) groups excluding carboxylic acids is 1. The van der Waals surface area contributed by atoms with Gasteiger partial charge < -0.3 is 14.5 Å². The number of hydrogen-bond acceptors (Lipinski definition) is 7. The van der Waals surface area contributed by atoms with E-state index >= 15 is 0 Å². The molecule has 0 bridgehead atoms. The smallest absolute Gasteiger partial charge is 0.377 e. The standard InChI is InChI=1S/C20H20F5N5O3/c1-11-10-33-8-7-28(11)17-15(22)18(32)29-6-4-14(20(23,24)25)30(19(29)27-17)9-13(31)16-12(21)3-2-5-26-16/h2-3,5,11,14H,4,6-10H2,1H3. The molecule has 1 fully saturated rings. The van der Waals surface area contributed by atoms with Gasteiger partial charge in [-0.2, -0.15) is 22.5 Å². The van der Waals surface area contributed by atoms with Crippen LogP contribution in [-0.2, 0) is 11.3 Å². The summed E-state index contributed by atoms with van der Waals surface area (Å²) in [5.74, 6) is -4.13. The molecular weight excluding hydrogens is 453 g/mol. The number of nitrogens with zero attached hydrogens (tertiary/aromatic N) is 5. The van der Waals surface area contributed by atoms with Gasteiger partial charge in [0.1, 0.15) is 11.7 Å². The van der Waals surface area contributed by atoms with Gasteiger partial charge in [0.2, 0.25) is 17.5 Å². The fourth-order valence-corrected chi connectivity index (χ4v) is 4.05. The average molecular weight is 473 g/mol. The zero-order chi connectivity index (χ0) is 23.9. The Labute approximate surface area is 184 Å². The van der Waals surface area contributed by atoms with Crippen molar-refractivity contribution < 1.29 is 31.5 Å². The molecule has 0 aliphatic carbocycles. The molecule has 0 radical (unpaired) electrons. The highest BCUT2D eigenvalue weighted by atomic mass is 19.4. The Morgan fingerprint density at radius 1 is 1.27 bits per heavy atom. The minimum absolute atomic E-state index is 0.175. The number of alkyl halides is 3. The third kappa shape index (κ3) is 4.28. The topological polar surface area (TPSA) is 80.6 Å². The Balaban J connectivity index is 1.81. The lowest BCUT2D eigenvalue weighted by Gasteiger charge is -2.40. The van der Waals surface area contributed by atoms with Gasteiger partial charge in [0.15, 0.2) is 11.6 Å². The third-order valence-corrected chi connectivity index (χ3v) is 5.69. The first-order valence-electron chi connectivity index (χ1n) is 10.2. The van der Waals surface area contributed by atoms with Gasteiger partial charge in [0.05, 0.1) is 25.8 Å². The molecule has 2 atom stereocenters. The van der Waals surface area contributed by atoms with Gasteiger partial charge in [-0.05, 0) is 25.5 Å². The van der Waals surface area contributed by atoms with Crippen molar-refractivity contribution in [1.82, 2.24) is 14.5 Å². The van der Waals surface area contributed by atoms with Crippen LogP contribution in [0.4, 0.5) is 33.7 Å². The SMILES string of the molecule is CC1COCCN1c1nc2n(c(=O)c1F)CCC(C(F)(F)F)N2CC(=O)c1ncccc1F. The van der Waals surface area contributed by atoms with Crippen molar-refractivity contribution in [2.24, 2.45) is 0 Å². The summed E-state index contributed by atoms with van der Waals surface area (Å²) < 4.78 is 76.6. The molecule has 13 heteroatoms. The molecule has 2 unspecified atom stereocenters. The minimum Gasteiger partial charge on any atom is -0.377 e. The van der Waals surface area contributed by atoms with Gasteiger partial charge in [-0.25, -0.2) is 9.37 Å². The second kappa shape index (κ2) is 8.69. The summed E-state index contributed by atoms with van der Waals surface area (Å²) in [6.07, 6.45) is -4.26. The van der Waals surface area contributed by atoms with Crippen LogP contribution in [-0.4, -0.2) is 64.9 Å². The average Bonchev–Trinajstić information content (AvgIpc) is 2.76. The van der Waals surface area contributed by atoms with Gasteiger partial charge in [0.25, 0.3) is 5.56 Å². The number of rotatable bonds is 4. The van der Waals surface area contributed by atoms with Gasteiger partial charge in [-0.3, -0.25) is 14.2 Å². The highest BCUT2D eigenvalue weighted by molar-refractivity contribution is 5.97. The second-order valence-electron chi connectivity index (χ2n) is 7.85. The third-order valence-electron chi connectivity index (χ3n) is 5.69. The molecule has 0 amide bonds. The lowest BCUT2D eigenvalue weighted by molar-refractivity contribution is -0.152. The highest BCUT2D eigenvalue weighted by Crippen LogP contribution is 2.35. The molecule has 0 spiro atoms. The molecular formula is C20H20F5N5O3. The van der Waals surface area contributed by atoms with Crippen LogP contribution < -0.4 is 15.4 Å². The maximum atomic E-state index is 14.9. The summed E-state index contributed by atoms with van der Waals surface area (Å²) in [6.45, 7) is 0.913. The molecule has 0 aromatic carbocycles. The van der Waals surface area contributed by atoms with E-state index in [0.717, 1.165) is 16.8 Å². The fraction of sp³-hybridized carbons (Fsp3) is 0.500. The molecule has 4 rings (SSSR count). The Kier molecular flexibility index (Phi) is 6.08. The van der Waals surface area contributed by atoms with E-state index in [0.29, 0.717) is 4.90 Å². The molecule has 33 heavy (non-hydrogen) atoms. The van der Waals surface area contributed by atoms with Crippen LogP contribution >= 0.6 is 0 Å². The van der Waals surface area contributed by atoms with Crippen molar-refractivity contribution in [3.8, 4) is 0 Å². The quantitative estimate of drug-likeness (QED) is 0.498. The number of hydrogen-bond donors (Lipinski definition) is 0. The number of ether oxygens (including phenoxy) is 1. The van der Waals surface area contributed by atoms with Crippen molar-refractivity contribution in [3.05, 3.63) is 46.0 Å². The molecule has 2 aromatic heterocycles. The molecule has 2 aliphatic heterocycles. The van der Waals surface area contributed by atoms with E-state index in [1.807, 2.05) is 0 Å². The van der Waals surface area contributed by atoms with E-state index in [2.05, 4.69) is 9.97 Å². The molecule has 8 nitrogen and oxygen atoms in total. The van der Waals surface area contributed by atoms with E-state index in [-0.39, 0.29) is 25.8 Å². The van der Waals surface area contributed by atoms with E-state index in [1.165, 1.54) is 11.0 Å². The molecule has 178 valence electrons. The Bertz CT molecular complexity index is 1120. The van der Waals surface area contributed by atoms with Crippen molar-refractivity contribution in [2.45, 2.75) is 38.1 Å². The number of anilines is 2. The summed E-state index contributed by atoms with van der Waals surface area (Å²) in [6, 6.07) is -0.370. The number of carbonyl (C=O) groups is 1. The maximum Gasteiger partial charge on any atom is 0.408 e. The summed E-state index contributed by atoms with van der Waals surface area (Å²) in [7, 11) is 0. The molecule has 0 N–H and O–H groups in total. The predicted molar refractivity (Wildman–Crippen MR) is 106 cm³/mol. The van der Waals surface area contributed by atoms with Crippen LogP contribution in [0.3, 0.4) is 0 Å². The maximum absolute atomic E-state index is 14.9. The van der Waals surface area contributed by atoms with E-state index in [4.69, 9.17) is 4.74 Å². The second-order valence-corrected chi connectivity index (χ2v) is 7.85. The van der Waals surface area contributed by atoms with Crippen LogP contribution in [0, 0.1) is 11.6 Å². The van der Waals surface area contributed by atoms with Crippen molar-refractivity contribution in [3.63, 3.8) is 0 Å².